The minimum atomic E-state index is -0.378. The Kier molecular flexibility index (Phi) is 5.95. The van der Waals surface area contributed by atoms with Gasteiger partial charge in [0, 0.05) is 5.92 Å². The Morgan fingerprint density at radius 1 is 1.00 bits per heavy atom. The lowest BCUT2D eigenvalue weighted by Gasteiger charge is -2.16. The van der Waals surface area contributed by atoms with E-state index in [0.29, 0.717) is 22.4 Å². The summed E-state index contributed by atoms with van der Waals surface area (Å²) in [7, 11) is 3.07. The van der Waals surface area contributed by atoms with Gasteiger partial charge in [-0.25, -0.2) is 0 Å². The number of ether oxygens (including phenoxy) is 2. The van der Waals surface area contributed by atoms with Crippen molar-refractivity contribution >= 4 is 5.78 Å². The predicted molar refractivity (Wildman–Crippen MR) is 90.6 cm³/mol. The Labute approximate surface area is 141 Å². The molecular formula is C19H22O5. The van der Waals surface area contributed by atoms with E-state index in [1.807, 2.05) is 31.2 Å². The lowest BCUT2D eigenvalue weighted by molar-refractivity contribution is 0.0962. The molecule has 0 amide bonds. The highest BCUT2D eigenvalue weighted by Crippen LogP contribution is 2.30. The van der Waals surface area contributed by atoms with Gasteiger partial charge in [-0.15, -0.1) is 0 Å². The van der Waals surface area contributed by atoms with Crippen molar-refractivity contribution in [1.82, 2.24) is 0 Å². The fraction of sp³-hybridized carbons (Fsp3) is 0.316. The van der Waals surface area contributed by atoms with E-state index in [2.05, 4.69) is 0 Å². The molecule has 2 rings (SSSR count). The number of Topliss-reactive ketones (excluding diaryl/α,β-unsaturated/α-hetero) is 1. The zero-order valence-corrected chi connectivity index (χ0v) is 14.1. The Hall–Kier alpha value is -2.37. The molecular weight excluding hydrogens is 308 g/mol. The molecule has 5 heteroatoms. The third kappa shape index (κ3) is 3.58. The fourth-order valence-electron chi connectivity index (χ4n) is 2.60. The van der Waals surface area contributed by atoms with Gasteiger partial charge >= 0.3 is 0 Å². The summed E-state index contributed by atoms with van der Waals surface area (Å²) in [5.41, 5.74) is 2.31. The van der Waals surface area contributed by atoms with Gasteiger partial charge < -0.3 is 19.7 Å². The summed E-state index contributed by atoms with van der Waals surface area (Å²) >= 11 is 0. The molecule has 0 spiro atoms. The van der Waals surface area contributed by atoms with E-state index in [9.17, 15) is 15.0 Å². The summed E-state index contributed by atoms with van der Waals surface area (Å²) in [5, 5.41) is 18.8. The molecule has 1 atom stereocenters. The van der Waals surface area contributed by atoms with Gasteiger partial charge in [-0.3, -0.25) is 4.79 Å². The number of carbonyl (C=O) groups is 1. The number of aliphatic hydroxyl groups excluding tert-OH is 2. The number of methoxy groups -OCH3 is 2. The number of hydrogen-bond donors (Lipinski definition) is 2. The number of aliphatic hydroxyl groups is 2. The molecule has 24 heavy (non-hydrogen) atoms. The van der Waals surface area contributed by atoms with E-state index in [1.54, 1.807) is 19.2 Å². The molecule has 1 unspecified atom stereocenters. The van der Waals surface area contributed by atoms with E-state index in [1.165, 1.54) is 7.11 Å². The average molecular weight is 330 g/mol. The van der Waals surface area contributed by atoms with Crippen LogP contribution in [0.15, 0.2) is 36.4 Å². The van der Waals surface area contributed by atoms with Gasteiger partial charge in [0.2, 0.25) is 0 Å². The topological polar surface area (TPSA) is 76.0 Å². The Morgan fingerprint density at radius 2 is 1.58 bits per heavy atom. The normalized spacial score (nSPS) is 11.9. The summed E-state index contributed by atoms with van der Waals surface area (Å²) in [5.74, 6) is 0.625. The van der Waals surface area contributed by atoms with E-state index < -0.39 is 0 Å². The highest BCUT2D eigenvalue weighted by atomic mass is 16.5. The van der Waals surface area contributed by atoms with Crippen molar-refractivity contribution in [2.45, 2.75) is 26.1 Å². The van der Waals surface area contributed by atoms with Gasteiger partial charge in [0.05, 0.1) is 33.0 Å². The van der Waals surface area contributed by atoms with Gasteiger partial charge in [0.25, 0.3) is 0 Å². The molecule has 0 radical (unpaired) electrons. The Morgan fingerprint density at radius 3 is 2.08 bits per heavy atom. The van der Waals surface area contributed by atoms with Crippen LogP contribution < -0.4 is 9.47 Å². The molecule has 0 fully saturated rings. The minimum Gasteiger partial charge on any atom is -0.497 e. The molecule has 0 bridgehead atoms. The second-order valence-electron chi connectivity index (χ2n) is 5.50. The van der Waals surface area contributed by atoms with E-state index >= 15 is 0 Å². The highest BCUT2D eigenvalue weighted by Gasteiger charge is 2.22. The first kappa shape index (κ1) is 18.0. The van der Waals surface area contributed by atoms with Gasteiger partial charge in [0.15, 0.2) is 5.78 Å². The predicted octanol–water partition coefficient (Wildman–Crippen LogP) is 2.67. The van der Waals surface area contributed by atoms with Crippen molar-refractivity contribution in [3.8, 4) is 11.5 Å². The van der Waals surface area contributed by atoms with Crippen molar-refractivity contribution in [2.24, 2.45) is 0 Å². The summed E-state index contributed by atoms with van der Waals surface area (Å²) in [4.78, 5) is 12.9. The third-order valence-corrected chi connectivity index (χ3v) is 4.14. The average Bonchev–Trinajstić information content (AvgIpc) is 2.65. The number of rotatable bonds is 7. The molecule has 0 saturated carbocycles. The lowest BCUT2D eigenvalue weighted by atomic mass is 9.90. The van der Waals surface area contributed by atoms with E-state index in [0.717, 1.165) is 11.3 Å². The molecule has 0 aliphatic carbocycles. The zero-order valence-electron chi connectivity index (χ0n) is 14.1. The van der Waals surface area contributed by atoms with Crippen LogP contribution in [0.4, 0.5) is 0 Å². The van der Waals surface area contributed by atoms with Crippen LogP contribution in [0.2, 0.25) is 0 Å². The van der Waals surface area contributed by atoms with Crippen molar-refractivity contribution in [2.75, 3.05) is 14.2 Å². The van der Waals surface area contributed by atoms with Crippen molar-refractivity contribution < 1.29 is 24.5 Å². The van der Waals surface area contributed by atoms with Gasteiger partial charge in [-0.1, -0.05) is 19.1 Å². The Balaban J connectivity index is 2.39. The summed E-state index contributed by atoms with van der Waals surface area (Å²) in [6.07, 6.45) is 0. The molecule has 2 aromatic rings. The summed E-state index contributed by atoms with van der Waals surface area (Å²) in [6, 6.07) is 10.5. The maximum atomic E-state index is 12.9. The van der Waals surface area contributed by atoms with Crippen LogP contribution in [0.1, 0.15) is 39.9 Å². The van der Waals surface area contributed by atoms with Crippen LogP contribution in [0.3, 0.4) is 0 Å². The lowest BCUT2D eigenvalue weighted by Crippen LogP contribution is -2.12. The fourth-order valence-corrected chi connectivity index (χ4v) is 2.60. The largest absolute Gasteiger partial charge is 0.497 e. The van der Waals surface area contributed by atoms with Crippen LogP contribution in [-0.4, -0.2) is 30.2 Å². The maximum absolute atomic E-state index is 12.9. The number of ketones is 1. The minimum absolute atomic E-state index is 0.115. The third-order valence-electron chi connectivity index (χ3n) is 4.14. The molecule has 0 aromatic heterocycles. The maximum Gasteiger partial charge on any atom is 0.173 e. The van der Waals surface area contributed by atoms with Gasteiger partial charge in [-0.05, 0) is 41.0 Å². The SMILES string of the molecule is COc1ccc(C(C)C(=O)c2cc(CO)c(CO)cc2OC)cc1. The monoisotopic (exact) mass is 330 g/mol. The molecule has 128 valence electrons. The standard InChI is InChI=1S/C19H22O5/c1-12(13-4-6-16(23-2)7-5-13)19(22)17-8-14(10-20)15(11-21)9-18(17)24-3/h4-9,12,20-21H,10-11H2,1-3H3. The van der Waals surface area contributed by atoms with Crippen molar-refractivity contribution in [1.29, 1.82) is 0 Å². The number of benzene rings is 2. The van der Waals surface area contributed by atoms with Crippen molar-refractivity contribution in [3.05, 3.63) is 58.7 Å². The molecule has 0 saturated heterocycles. The second-order valence-corrected chi connectivity index (χ2v) is 5.50. The molecule has 5 nitrogen and oxygen atoms in total. The van der Waals surface area contributed by atoms with Crippen LogP contribution in [-0.2, 0) is 13.2 Å². The van der Waals surface area contributed by atoms with Crippen LogP contribution >= 0.6 is 0 Å². The van der Waals surface area contributed by atoms with Crippen molar-refractivity contribution in [3.63, 3.8) is 0 Å². The quantitative estimate of drug-likeness (QED) is 0.763. The number of hydrogen-bond acceptors (Lipinski definition) is 5. The number of carbonyl (C=O) groups excluding carboxylic acids is 1. The molecule has 2 N–H and O–H groups in total. The molecule has 0 heterocycles. The second kappa shape index (κ2) is 7.95. The van der Waals surface area contributed by atoms with Crippen LogP contribution in [0.5, 0.6) is 11.5 Å². The van der Waals surface area contributed by atoms with Crippen LogP contribution in [0, 0.1) is 0 Å². The smallest absolute Gasteiger partial charge is 0.173 e. The molecule has 0 aliphatic heterocycles. The van der Waals surface area contributed by atoms with Gasteiger partial charge in [0.1, 0.15) is 11.5 Å². The highest BCUT2D eigenvalue weighted by molar-refractivity contribution is 6.03. The first-order valence-corrected chi connectivity index (χ1v) is 7.65. The molecule has 2 aromatic carbocycles. The van der Waals surface area contributed by atoms with Gasteiger partial charge in [-0.2, -0.15) is 0 Å². The zero-order chi connectivity index (χ0) is 17.7. The Bertz CT molecular complexity index is 706. The summed E-state index contributed by atoms with van der Waals surface area (Å²) in [6.45, 7) is 1.34. The van der Waals surface area contributed by atoms with E-state index in [4.69, 9.17) is 9.47 Å². The van der Waals surface area contributed by atoms with Crippen LogP contribution in [0.25, 0.3) is 0 Å². The molecule has 0 aliphatic rings. The first-order valence-electron chi connectivity index (χ1n) is 7.65. The first-order chi connectivity index (χ1) is 11.5. The van der Waals surface area contributed by atoms with E-state index in [-0.39, 0.29) is 24.9 Å². The summed E-state index contributed by atoms with van der Waals surface area (Å²) < 4.78 is 10.4.